The molecule has 1 atom stereocenters. The minimum absolute atomic E-state index is 0.0869. The zero-order valence-electron chi connectivity index (χ0n) is 29.9. The van der Waals surface area contributed by atoms with Gasteiger partial charge in [0.1, 0.15) is 11.5 Å². The lowest BCUT2D eigenvalue weighted by Gasteiger charge is -2.43. The van der Waals surface area contributed by atoms with E-state index in [1.165, 1.54) is 0 Å². The maximum atomic E-state index is 14.0. The molecular weight excluding hydrogens is 637 g/mol. The van der Waals surface area contributed by atoms with Gasteiger partial charge in [-0.15, -0.1) is 0 Å². The molecule has 0 spiro atoms. The maximum absolute atomic E-state index is 14.0. The fourth-order valence-corrected chi connectivity index (χ4v) is 15.4. The summed E-state index contributed by atoms with van der Waals surface area (Å²) >= 11 is 0. The standard InChI is InChI=1S/C43H50O4Si2/c1-8-32(2)41(45)40-33(31-43(6,7)48(46,35-21-13-9-14-22-35)36-23-15-10-16-24-36)29-34(30-39(40)44)47-49(42(3,4)5,37-25-17-11-18-26-37)38-27-19-12-20-28-38/h9-30,32,44,46H,8,31H2,1-7H3/t32-/m0/s1. The molecule has 0 aliphatic heterocycles. The normalized spacial score (nSPS) is 13.1. The predicted molar refractivity (Wildman–Crippen MR) is 208 cm³/mol. The van der Waals surface area contributed by atoms with Gasteiger partial charge in [0.15, 0.2) is 5.78 Å². The molecule has 0 amide bonds. The molecule has 254 valence electrons. The monoisotopic (exact) mass is 686 g/mol. The quantitative estimate of drug-likeness (QED) is 0.105. The van der Waals surface area contributed by atoms with E-state index in [4.69, 9.17) is 4.43 Å². The highest BCUT2D eigenvalue weighted by atomic mass is 28.4. The van der Waals surface area contributed by atoms with Crippen LogP contribution in [-0.2, 0) is 6.42 Å². The van der Waals surface area contributed by atoms with E-state index in [9.17, 15) is 14.7 Å². The summed E-state index contributed by atoms with van der Waals surface area (Å²) in [5.41, 5.74) is 0.996. The van der Waals surface area contributed by atoms with E-state index in [0.29, 0.717) is 29.7 Å². The van der Waals surface area contributed by atoms with Gasteiger partial charge in [-0.25, -0.2) is 0 Å². The van der Waals surface area contributed by atoms with Crippen molar-refractivity contribution in [2.24, 2.45) is 5.92 Å². The fourth-order valence-electron chi connectivity index (χ4n) is 7.31. The minimum Gasteiger partial charge on any atom is -0.534 e. The minimum atomic E-state index is -3.45. The molecule has 0 aromatic heterocycles. The molecule has 5 aromatic rings. The second-order valence-corrected chi connectivity index (χ2v) is 23.1. The van der Waals surface area contributed by atoms with Crippen LogP contribution < -0.4 is 25.2 Å². The predicted octanol–water partition coefficient (Wildman–Crippen LogP) is 7.63. The first kappa shape index (κ1) is 36.1. The molecule has 0 saturated carbocycles. The lowest BCUT2D eigenvalue weighted by Crippen LogP contribution is -2.68. The van der Waals surface area contributed by atoms with Crippen LogP contribution in [0.4, 0.5) is 0 Å². The second-order valence-electron chi connectivity index (χ2n) is 14.9. The molecule has 4 nitrogen and oxygen atoms in total. The highest BCUT2D eigenvalue weighted by Crippen LogP contribution is 2.44. The lowest BCUT2D eigenvalue weighted by molar-refractivity contribution is 0.0923. The van der Waals surface area contributed by atoms with Crippen LogP contribution in [0.5, 0.6) is 11.5 Å². The van der Waals surface area contributed by atoms with Crippen molar-refractivity contribution in [3.63, 3.8) is 0 Å². The number of phenolic OH excluding ortho intramolecular Hbond substituents is 1. The molecular formula is C43H50O4Si2. The SMILES string of the molecule is CC[C@H](C)C(=O)c1c(O)cc(O[Si](c2ccccc2)(c2ccccc2)C(C)(C)C)cc1CC(C)(C)[Si](O)(c1ccccc1)c1ccccc1. The Labute approximate surface area is 294 Å². The molecule has 2 N–H and O–H groups in total. The van der Waals surface area contributed by atoms with Crippen molar-refractivity contribution in [3.05, 3.63) is 145 Å². The molecule has 0 radical (unpaired) electrons. The fraction of sp³-hybridized carbons (Fsp3) is 0.279. The van der Waals surface area contributed by atoms with E-state index >= 15 is 0 Å². The van der Waals surface area contributed by atoms with Crippen LogP contribution in [0.2, 0.25) is 10.1 Å². The molecule has 0 aliphatic rings. The van der Waals surface area contributed by atoms with Gasteiger partial charge in [-0.1, -0.05) is 170 Å². The highest BCUT2D eigenvalue weighted by molar-refractivity contribution is 7.00. The smallest absolute Gasteiger partial charge is 0.319 e. The Kier molecular flexibility index (Phi) is 10.5. The van der Waals surface area contributed by atoms with E-state index < -0.39 is 21.7 Å². The van der Waals surface area contributed by atoms with Gasteiger partial charge in [-0.3, -0.25) is 4.79 Å². The van der Waals surface area contributed by atoms with E-state index in [-0.39, 0.29) is 22.5 Å². The third kappa shape index (κ3) is 6.82. The zero-order chi connectivity index (χ0) is 35.5. The van der Waals surface area contributed by atoms with Crippen LogP contribution in [0.3, 0.4) is 0 Å². The summed E-state index contributed by atoms with van der Waals surface area (Å²) in [6.07, 6.45) is 0.997. The van der Waals surface area contributed by atoms with Gasteiger partial charge in [-0.05, 0) is 55.3 Å². The molecule has 0 fully saturated rings. The highest BCUT2D eigenvalue weighted by Gasteiger charge is 2.53. The van der Waals surface area contributed by atoms with E-state index in [1.807, 2.05) is 117 Å². The summed E-state index contributed by atoms with van der Waals surface area (Å²) in [5.74, 6) is 0.0436. The van der Waals surface area contributed by atoms with Crippen LogP contribution in [0, 0.1) is 5.92 Å². The number of Topliss-reactive ketones (excluding diaryl/α,β-unsaturated/α-hetero) is 1. The molecule has 0 heterocycles. The molecule has 6 heteroatoms. The molecule has 5 rings (SSSR count). The Morgan fingerprint density at radius 1 is 0.694 bits per heavy atom. The number of carbonyl (C=O) groups is 1. The van der Waals surface area contributed by atoms with E-state index in [2.05, 4.69) is 58.9 Å². The van der Waals surface area contributed by atoms with Crippen molar-refractivity contribution in [2.75, 3.05) is 0 Å². The molecule has 0 aliphatic carbocycles. The number of hydrogen-bond acceptors (Lipinski definition) is 4. The summed E-state index contributed by atoms with van der Waals surface area (Å²) in [6, 6.07) is 44.2. The van der Waals surface area contributed by atoms with Crippen LogP contribution in [0.15, 0.2) is 133 Å². The summed E-state index contributed by atoms with van der Waals surface area (Å²) < 4.78 is 7.37. The van der Waals surface area contributed by atoms with Crippen molar-refractivity contribution in [1.29, 1.82) is 0 Å². The number of hydrogen-bond donors (Lipinski definition) is 2. The number of aromatic hydroxyl groups is 1. The topological polar surface area (TPSA) is 66.8 Å². The van der Waals surface area contributed by atoms with Gasteiger partial charge in [0.2, 0.25) is 0 Å². The zero-order valence-corrected chi connectivity index (χ0v) is 31.9. The number of phenols is 1. The van der Waals surface area contributed by atoms with Gasteiger partial charge in [0, 0.05) is 12.0 Å². The van der Waals surface area contributed by atoms with E-state index in [0.717, 1.165) is 20.7 Å². The number of carbonyl (C=O) groups excluding carboxylic acids is 1. The van der Waals surface area contributed by atoms with Crippen molar-refractivity contribution in [3.8, 4) is 11.5 Å². The molecule has 0 saturated heterocycles. The van der Waals surface area contributed by atoms with Gasteiger partial charge in [0.25, 0.3) is 8.32 Å². The molecule has 0 unspecified atom stereocenters. The first-order valence-corrected chi connectivity index (χ1v) is 21.2. The molecule has 0 bridgehead atoms. The van der Waals surface area contributed by atoms with Crippen LogP contribution in [0.25, 0.3) is 0 Å². The molecule has 49 heavy (non-hydrogen) atoms. The largest absolute Gasteiger partial charge is 0.534 e. The van der Waals surface area contributed by atoms with Crippen molar-refractivity contribution in [1.82, 2.24) is 0 Å². The van der Waals surface area contributed by atoms with Crippen LogP contribution in [0.1, 0.15) is 70.8 Å². The Bertz CT molecular complexity index is 1770. The lowest BCUT2D eigenvalue weighted by atomic mass is 9.89. The van der Waals surface area contributed by atoms with Gasteiger partial charge >= 0.3 is 8.32 Å². The third-order valence-corrected chi connectivity index (χ3v) is 19.6. The summed E-state index contributed by atoms with van der Waals surface area (Å²) in [4.78, 5) is 27.1. The second kappa shape index (κ2) is 14.3. The maximum Gasteiger partial charge on any atom is 0.319 e. The van der Waals surface area contributed by atoms with Crippen molar-refractivity contribution in [2.45, 2.75) is 71.4 Å². The van der Waals surface area contributed by atoms with Crippen molar-refractivity contribution < 1.29 is 19.1 Å². The third-order valence-electron chi connectivity index (χ3n) is 10.2. The Balaban J connectivity index is 1.74. The Morgan fingerprint density at radius 2 is 1.10 bits per heavy atom. The average Bonchev–Trinajstić information content (AvgIpc) is 3.10. The number of rotatable bonds is 12. The summed E-state index contributed by atoms with van der Waals surface area (Å²) in [7, 11) is -6.49. The van der Waals surface area contributed by atoms with Gasteiger partial charge in [-0.2, -0.15) is 0 Å². The van der Waals surface area contributed by atoms with Gasteiger partial charge in [0.05, 0.1) is 5.56 Å². The van der Waals surface area contributed by atoms with Crippen LogP contribution in [-0.4, -0.2) is 32.3 Å². The Morgan fingerprint density at radius 3 is 1.49 bits per heavy atom. The number of benzene rings is 5. The summed E-state index contributed by atoms with van der Waals surface area (Å²) in [6.45, 7) is 14.7. The molecule has 5 aromatic carbocycles. The number of ketones is 1. The summed E-state index contributed by atoms with van der Waals surface area (Å²) in [5, 5.41) is 14.8. The first-order valence-electron chi connectivity index (χ1n) is 17.3. The Hall–Kier alpha value is -4.24. The first-order chi connectivity index (χ1) is 23.3. The van der Waals surface area contributed by atoms with Gasteiger partial charge < -0.3 is 14.3 Å². The van der Waals surface area contributed by atoms with Crippen molar-refractivity contribution >= 4 is 43.2 Å². The van der Waals surface area contributed by atoms with Crippen LogP contribution >= 0.6 is 0 Å². The van der Waals surface area contributed by atoms with E-state index in [1.54, 1.807) is 6.07 Å². The average molecular weight is 687 g/mol.